The van der Waals surface area contributed by atoms with Gasteiger partial charge in [0.2, 0.25) is 0 Å². The Labute approximate surface area is 76.6 Å². The van der Waals surface area contributed by atoms with Gasteiger partial charge in [-0.25, -0.2) is 0 Å². The number of alkyl halides is 1. The van der Waals surface area contributed by atoms with Gasteiger partial charge in [0.25, 0.3) is 0 Å². The second kappa shape index (κ2) is 3.42. The Bertz CT molecular complexity index is 257. The van der Waals surface area contributed by atoms with Crippen LogP contribution in [0.1, 0.15) is 6.42 Å². The Morgan fingerprint density at radius 3 is 2.21 bits per heavy atom. The molecular weight excluding hydrogens is 203 g/mol. The van der Waals surface area contributed by atoms with Crippen LogP contribution in [0.2, 0.25) is 0 Å². The lowest BCUT2D eigenvalue weighted by Crippen LogP contribution is -2.48. The van der Waals surface area contributed by atoms with Gasteiger partial charge in [0.05, 0.1) is 6.61 Å². The lowest BCUT2D eigenvalue weighted by molar-refractivity contribution is -0.841. The van der Waals surface area contributed by atoms with Crippen molar-refractivity contribution in [3.8, 4) is 0 Å². The van der Waals surface area contributed by atoms with Gasteiger partial charge in [-0.05, 0) is 0 Å². The standard InChI is InChI=1S/C5H7FN2O6/c6-5(7(10)11,8(12)13)3-1-4(9)14-2-3/h3-4,9H,1-2H2. The van der Waals surface area contributed by atoms with E-state index in [1.165, 1.54) is 0 Å². The topological polar surface area (TPSA) is 116 Å². The largest absolute Gasteiger partial charge is 0.619 e. The van der Waals surface area contributed by atoms with Crippen LogP contribution < -0.4 is 0 Å². The number of hydrogen-bond acceptors (Lipinski definition) is 6. The summed E-state index contributed by atoms with van der Waals surface area (Å²) in [5.41, 5.74) is 0. The van der Waals surface area contributed by atoms with Gasteiger partial charge < -0.3 is 9.84 Å². The van der Waals surface area contributed by atoms with E-state index in [-0.39, 0.29) is 0 Å². The SMILES string of the molecule is O=[N+]([O-])C(F)(C1COC(O)C1)[N+](=O)[O-]. The third kappa shape index (κ3) is 1.51. The predicted molar refractivity (Wildman–Crippen MR) is 37.9 cm³/mol. The molecule has 0 saturated carbocycles. The van der Waals surface area contributed by atoms with E-state index in [1.807, 2.05) is 0 Å². The molecule has 0 aromatic carbocycles. The summed E-state index contributed by atoms with van der Waals surface area (Å²) in [5, 5.41) is 29.2. The molecule has 1 fully saturated rings. The van der Waals surface area contributed by atoms with E-state index in [4.69, 9.17) is 5.11 Å². The first-order valence-electron chi connectivity index (χ1n) is 3.66. The molecule has 1 rings (SSSR count). The third-order valence-electron chi connectivity index (χ3n) is 2.01. The highest BCUT2D eigenvalue weighted by Crippen LogP contribution is 2.32. The maximum absolute atomic E-state index is 13.3. The second-order valence-corrected chi connectivity index (χ2v) is 2.87. The van der Waals surface area contributed by atoms with Crippen molar-refractivity contribution in [3.63, 3.8) is 0 Å². The molecule has 0 aromatic rings. The predicted octanol–water partition coefficient (Wildman–Crippen LogP) is -0.482. The molecule has 80 valence electrons. The number of ether oxygens (including phenoxy) is 1. The van der Waals surface area contributed by atoms with Gasteiger partial charge in [0.15, 0.2) is 12.2 Å². The highest BCUT2D eigenvalue weighted by molar-refractivity contribution is 4.74. The van der Waals surface area contributed by atoms with Crippen LogP contribution in [0.15, 0.2) is 0 Å². The molecule has 1 aliphatic rings. The first-order chi connectivity index (χ1) is 6.39. The minimum Gasteiger partial charge on any atom is -0.368 e. The number of rotatable bonds is 3. The molecule has 0 amide bonds. The quantitative estimate of drug-likeness (QED) is 0.291. The van der Waals surface area contributed by atoms with E-state index in [9.17, 15) is 24.6 Å². The van der Waals surface area contributed by atoms with Crippen molar-refractivity contribution in [1.29, 1.82) is 0 Å². The van der Waals surface area contributed by atoms with Crippen LogP contribution in [0.4, 0.5) is 4.39 Å². The lowest BCUT2D eigenvalue weighted by Gasteiger charge is -2.12. The van der Waals surface area contributed by atoms with E-state index in [2.05, 4.69) is 4.74 Å². The monoisotopic (exact) mass is 210 g/mol. The summed E-state index contributed by atoms with van der Waals surface area (Å²) in [7, 11) is 0. The Morgan fingerprint density at radius 2 is 1.93 bits per heavy atom. The second-order valence-electron chi connectivity index (χ2n) is 2.87. The number of nitro groups is 2. The summed E-state index contributed by atoms with van der Waals surface area (Å²) < 4.78 is 17.7. The van der Waals surface area contributed by atoms with Crippen LogP contribution >= 0.6 is 0 Å². The molecule has 0 aromatic heterocycles. The van der Waals surface area contributed by atoms with Gasteiger partial charge in [0.1, 0.15) is 9.85 Å². The van der Waals surface area contributed by atoms with Gasteiger partial charge in [-0.1, -0.05) is 4.39 Å². The smallest absolute Gasteiger partial charge is 0.368 e. The van der Waals surface area contributed by atoms with Gasteiger partial charge >= 0.3 is 5.92 Å². The average molecular weight is 210 g/mol. The molecule has 0 radical (unpaired) electrons. The summed E-state index contributed by atoms with van der Waals surface area (Å²) in [6.07, 6.45) is -1.84. The minimum atomic E-state index is -3.78. The number of aliphatic hydroxyl groups excluding tert-OH is 1. The van der Waals surface area contributed by atoms with Gasteiger partial charge in [0, 0.05) is 6.42 Å². The number of hydrogen-bond donors (Lipinski definition) is 1. The first-order valence-corrected chi connectivity index (χ1v) is 3.66. The van der Waals surface area contributed by atoms with Crippen molar-refractivity contribution in [2.75, 3.05) is 6.61 Å². The summed E-state index contributed by atoms with van der Waals surface area (Å²) in [4.78, 5) is 17.2. The average Bonchev–Trinajstić information content (AvgIpc) is 2.49. The zero-order valence-electron chi connectivity index (χ0n) is 6.83. The zero-order valence-corrected chi connectivity index (χ0v) is 6.83. The summed E-state index contributed by atoms with van der Waals surface area (Å²) in [6, 6.07) is 0. The molecule has 1 heterocycles. The highest BCUT2D eigenvalue weighted by atomic mass is 19.2. The lowest BCUT2D eigenvalue weighted by atomic mass is 10.0. The molecule has 0 spiro atoms. The summed E-state index contributed by atoms with van der Waals surface area (Å²) in [5.74, 6) is -5.35. The van der Waals surface area contributed by atoms with E-state index >= 15 is 0 Å². The fraction of sp³-hybridized carbons (Fsp3) is 1.00. The van der Waals surface area contributed by atoms with Crippen LogP contribution in [0.5, 0.6) is 0 Å². The molecule has 9 heteroatoms. The summed E-state index contributed by atoms with van der Waals surface area (Å²) in [6.45, 7) is -0.542. The minimum absolute atomic E-state index is 0.460. The zero-order chi connectivity index (χ0) is 10.9. The fourth-order valence-electron chi connectivity index (χ4n) is 1.23. The molecule has 2 unspecified atom stereocenters. The Kier molecular flexibility index (Phi) is 2.62. The van der Waals surface area contributed by atoms with Crippen LogP contribution in [-0.2, 0) is 4.74 Å². The van der Waals surface area contributed by atoms with Crippen LogP contribution in [-0.4, -0.2) is 33.8 Å². The van der Waals surface area contributed by atoms with Crippen LogP contribution in [0.3, 0.4) is 0 Å². The van der Waals surface area contributed by atoms with Gasteiger partial charge in [-0.15, -0.1) is 0 Å². The Hall–Kier alpha value is -1.35. The molecule has 1 N–H and O–H groups in total. The van der Waals surface area contributed by atoms with Crippen molar-refractivity contribution in [3.05, 3.63) is 20.2 Å². The van der Waals surface area contributed by atoms with Crippen molar-refractivity contribution in [1.82, 2.24) is 0 Å². The molecule has 0 bridgehead atoms. The van der Waals surface area contributed by atoms with E-state index in [0.717, 1.165) is 0 Å². The van der Waals surface area contributed by atoms with E-state index in [0.29, 0.717) is 0 Å². The van der Waals surface area contributed by atoms with Crippen molar-refractivity contribution >= 4 is 0 Å². The summed E-state index contributed by atoms with van der Waals surface area (Å²) >= 11 is 0. The maximum atomic E-state index is 13.3. The molecular formula is C5H7FN2O6. The Balaban J connectivity index is 2.89. The fourth-order valence-corrected chi connectivity index (χ4v) is 1.23. The van der Waals surface area contributed by atoms with Crippen molar-refractivity contribution < 1.29 is 24.1 Å². The Morgan fingerprint density at radius 1 is 1.43 bits per heavy atom. The molecule has 1 saturated heterocycles. The molecule has 14 heavy (non-hydrogen) atoms. The molecule has 1 aliphatic heterocycles. The molecule has 0 aliphatic carbocycles. The molecule has 2 atom stereocenters. The number of nitrogens with zero attached hydrogens (tertiary/aromatic N) is 2. The van der Waals surface area contributed by atoms with Crippen molar-refractivity contribution in [2.24, 2.45) is 5.92 Å². The van der Waals surface area contributed by atoms with Gasteiger partial charge in [-0.2, -0.15) is 0 Å². The normalized spacial score (nSPS) is 27.6. The van der Waals surface area contributed by atoms with Gasteiger partial charge in [-0.3, -0.25) is 20.2 Å². The third-order valence-corrected chi connectivity index (χ3v) is 2.01. The maximum Gasteiger partial charge on any atom is 0.619 e. The first kappa shape index (κ1) is 10.7. The van der Waals surface area contributed by atoms with Crippen molar-refractivity contribution in [2.45, 2.75) is 18.6 Å². The van der Waals surface area contributed by atoms with Crippen LogP contribution in [0.25, 0.3) is 0 Å². The van der Waals surface area contributed by atoms with Crippen LogP contribution in [0, 0.1) is 26.1 Å². The van der Waals surface area contributed by atoms with E-state index < -0.39 is 41.0 Å². The number of aliphatic hydroxyl groups is 1. The molecule has 8 nitrogen and oxygen atoms in total. The van der Waals surface area contributed by atoms with E-state index in [1.54, 1.807) is 0 Å². The number of halogens is 1. The highest BCUT2D eigenvalue weighted by Gasteiger charge is 2.66.